The molecule has 0 saturated carbocycles. The topological polar surface area (TPSA) is 25.8 Å². The Hall–Kier alpha value is 0.370. The molecule has 39 valence electrons. The molecule has 0 atom stereocenters. The smallest absolute Gasteiger partial charge is 0.0496 e. The van der Waals surface area contributed by atoms with Crippen molar-refractivity contribution in [3.63, 3.8) is 0 Å². The zero-order valence-corrected chi connectivity index (χ0v) is 7.43. The van der Waals surface area contributed by atoms with Gasteiger partial charge in [0.2, 0.25) is 0 Å². The predicted molar refractivity (Wildman–Crippen MR) is 35.0 cm³/mol. The van der Waals surface area contributed by atoms with Gasteiger partial charge < -0.3 is 0 Å². The molecule has 0 aliphatic heterocycles. The molecule has 0 saturated heterocycles. The number of aromatic nitrogens is 2. The van der Waals surface area contributed by atoms with Crippen LogP contribution in [0, 0.1) is 0 Å². The molecule has 1 rings (SSSR count). The van der Waals surface area contributed by atoms with Gasteiger partial charge in [0.05, 0.1) is 0 Å². The fraction of sp³-hybridized carbons (Fsp3) is 0. The van der Waals surface area contributed by atoms with Crippen molar-refractivity contribution in [2.75, 3.05) is 0 Å². The van der Waals surface area contributed by atoms with E-state index < -0.39 is 0 Å². The second-order valence-corrected chi connectivity index (χ2v) is 0.914. The maximum Gasteiger partial charge on any atom is 0.0496 e. The minimum atomic E-state index is 0. The maximum absolute atomic E-state index is 3.53. The van der Waals surface area contributed by atoms with Crippen LogP contribution in [0.5, 0.6) is 0 Å². The van der Waals surface area contributed by atoms with Crippen molar-refractivity contribution in [1.29, 1.82) is 0 Å². The SMILES string of the molecule is Cl.[Na].c1ccnnc1. The summed E-state index contributed by atoms with van der Waals surface area (Å²) in [5, 5.41) is 7.07. The molecular formula is C4H5ClN2Na. The number of hydrogen-bond acceptors (Lipinski definition) is 2. The Kier molecular flexibility index (Phi) is 10.3. The third-order valence-corrected chi connectivity index (χ3v) is 0.483. The monoisotopic (exact) mass is 139 g/mol. The van der Waals surface area contributed by atoms with Crippen molar-refractivity contribution in [2.24, 2.45) is 0 Å². The van der Waals surface area contributed by atoms with Crippen LogP contribution in [0.4, 0.5) is 0 Å². The van der Waals surface area contributed by atoms with Gasteiger partial charge in [-0.25, -0.2) is 0 Å². The van der Waals surface area contributed by atoms with Crippen LogP contribution >= 0.6 is 12.4 Å². The van der Waals surface area contributed by atoms with Crippen LogP contribution in [0.1, 0.15) is 0 Å². The summed E-state index contributed by atoms with van der Waals surface area (Å²) in [5.41, 5.74) is 0. The summed E-state index contributed by atoms with van der Waals surface area (Å²) in [6, 6.07) is 3.65. The molecule has 0 spiro atoms. The van der Waals surface area contributed by atoms with Crippen molar-refractivity contribution < 1.29 is 0 Å². The largest absolute Gasteiger partial charge is 0.159 e. The summed E-state index contributed by atoms with van der Waals surface area (Å²) in [6.07, 6.45) is 3.28. The Morgan fingerprint density at radius 1 is 0.875 bits per heavy atom. The summed E-state index contributed by atoms with van der Waals surface area (Å²) in [5.74, 6) is 0. The first-order valence-electron chi connectivity index (χ1n) is 1.72. The molecule has 1 radical (unpaired) electrons. The first-order chi connectivity index (χ1) is 3.00. The Morgan fingerprint density at radius 2 is 1.25 bits per heavy atom. The molecule has 0 aliphatic rings. The van der Waals surface area contributed by atoms with E-state index in [4.69, 9.17) is 0 Å². The van der Waals surface area contributed by atoms with Crippen LogP contribution in [0.25, 0.3) is 0 Å². The Labute approximate surface area is 76.4 Å². The third-order valence-electron chi connectivity index (χ3n) is 0.483. The number of rotatable bonds is 0. The molecule has 0 fully saturated rings. The number of halogens is 1. The third kappa shape index (κ3) is 4.53. The average Bonchev–Trinajstić information content (AvgIpc) is 1.72. The van der Waals surface area contributed by atoms with Crippen LogP contribution in [-0.2, 0) is 0 Å². The molecule has 0 bridgehead atoms. The van der Waals surface area contributed by atoms with Gasteiger partial charge in [-0.2, -0.15) is 10.2 Å². The van der Waals surface area contributed by atoms with E-state index in [2.05, 4.69) is 10.2 Å². The van der Waals surface area contributed by atoms with Gasteiger partial charge in [0.15, 0.2) is 0 Å². The van der Waals surface area contributed by atoms with Gasteiger partial charge in [0.25, 0.3) is 0 Å². The number of nitrogens with zero attached hydrogens (tertiary/aromatic N) is 2. The van der Waals surface area contributed by atoms with Crippen molar-refractivity contribution in [2.45, 2.75) is 0 Å². The van der Waals surface area contributed by atoms with Crippen LogP contribution in [-0.4, -0.2) is 39.8 Å². The van der Waals surface area contributed by atoms with Crippen molar-refractivity contribution in [3.8, 4) is 0 Å². The second kappa shape index (κ2) is 7.37. The second-order valence-electron chi connectivity index (χ2n) is 0.914. The Morgan fingerprint density at radius 3 is 1.38 bits per heavy atom. The fourth-order valence-corrected chi connectivity index (χ4v) is 0.253. The van der Waals surface area contributed by atoms with Gasteiger partial charge in [-0.05, 0) is 12.1 Å². The number of hydrogen-bond donors (Lipinski definition) is 0. The van der Waals surface area contributed by atoms with E-state index in [1.54, 1.807) is 12.4 Å². The molecule has 0 aromatic carbocycles. The van der Waals surface area contributed by atoms with Gasteiger partial charge in [0, 0.05) is 42.0 Å². The normalized spacial score (nSPS) is 6.00. The standard InChI is InChI=1S/C4H4N2.ClH.Na/c1-2-4-6-5-3-1;;/h1-4H;1H;. The first kappa shape index (κ1) is 11.2. The molecule has 0 N–H and O–H groups in total. The van der Waals surface area contributed by atoms with Crippen molar-refractivity contribution >= 4 is 42.0 Å². The molecule has 0 aliphatic carbocycles. The minimum absolute atomic E-state index is 0. The predicted octanol–water partition coefficient (Wildman–Crippen LogP) is 0.518. The van der Waals surface area contributed by atoms with E-state index in [0.717, 1.165) is 0 Å². The van der Waals surface area contributed by atoms with E-state index in [1.165, 1.54) is 0 Å². The summed E-state index contributed by atoms with van der Waals surface area (Å²) in [4.78, 5) is 0. The quantitative estimate of drug-likeness (QED) is 0.490. The Bertz CT molecular complexity index is 86.0. The van der Waals surface area contributed by atoms with E-state index in [1.807, 2.05) is 12.1 Å². The molecule has 0 unspecified atom stereocenters. The van der Waals surface area contributed by atoms with E-state index >= 15 is 0 Å². The minimum Gasteiger partial charge on any atom is -0.159 e. The Balaban J connectivity index is 0. The van der Waals surface area contributed by atoms with E-state index in [-0.39, 0.29) is 42.0 Å². The summed E-state index contributed by atoms with van der Waals surface area (Å²) < 4.78 is 0. The van der Waals surface area contributed by atoms with Crippen molar-refractivity contribution in [1.82, 2.24) is 10.2 Å². The van der Waals surface area contributed by atoms with Crippen LogP contribution in [0.15, 0.2) is 24.5 Å². The molecule has 4 heteroatoms. The zero-order valence-electron chi connectivity index (χ0n) is 4.61. The average molecular weight is 140 g/mol. The maximum atomic E-state index is 3.53. The van der Waals surface area contributed by atoms with Gasteiger partial charge in [-0.3, -0.25) is 0 Å². The molecule has 8 heavy (non-hydrogen) atoms. The van der Waals surface area contributed by atoms with Crippen LogP contribution in [0.3, 0.4) is 0 Å². The molecule has 1 aromatic rings. The van der Waals surface area contributed by atoms with E-state index in [0.29, 0.717) is 0 Å². The van der Waals surface area contributed by atoms with Gasteiger partial charge >= 0.3 is 0 Å². The summed E-state index contributed by atoms with van der Waals surface area (Å²) >= 11 is 0. The van der Waals surface area contributed by atoms with Crippen LogP contribution in [0.2, 0.25) is 0 Å². The summed E-state index contributed by atoms with van der Waals surface area (Å²) in [7, 11) is 0. The molecule has 1 heterocycles. The summed E-state index contributed by atoms with van der Waals surface area (Å²) in [6.45, 7) is 0. The van der Waals surface area contributed by atoms with E-state index in [9.17, 15) is 0 Å². The molecule has 0 amide bonds. The van der Waals surface area contributed by atoms with Gasteiger partial charge in [-0.1, -0.05) is 0 Å². The van der Waals surface area contributed by atoms with Gasteiger partial charge in [0.1, 0.15) is 0 Å². The zero-order chi connectivity index (χ0) is 4.24. The molecular weight excluding hydrogens is 135 g/mol. The van der Waals surface area contributed by atoms with Gasteiger partial charge in [-0.15, -0.1) is 12.4 Å². The molecule has 2 nitrogen and oxygen atoms in total. The van der Waals surface area contributed by atoms with Crippen molar-refractivity contribution in [3.05, 3.63) is 24.5 Å². The fourth-order valence-electron chi connectivity index (χ4n) is 0.253. The van der Waals surface area contributed by atoms with Crippen LogP contribution < -0.4 is 0 Å². The first-order valence-corrected chi connectivity index (χ1v) is 1.72. The molecule has 1 aromatic heterocycles.